The van der Waals surface area contributed by atoms with E-state index in [9.17, 15) is 4.79 Å². The molecular weight excluding hydrogens is 192 g/mol. The average Bonchev–Trinajstić information content (AvgIpc) is 2.22. The minimum Gasteiger partial charge on any atom is -0.456 e. The molecule has 0 rings (SSSR count). The Bertz CT molecular complexity index is 213. The second-order valence-corrected chi connectivity index (χ2v) is 3.26. The van der Waals surface area contributed by atoms with E-state index in [4.69, 9.17) is 5.11 Å². The minimum absolute atomic E-state index is 0.280. The van der Waals surface area contributed by atoms with Gasteiger partial charge in [-0.3, -0.25) is 0 Å². The molecule has 0 aromatic rings. The summed E-state index contributed by atoms with van der Waals surface area (Å²) in [6.45, 7) is 2.43. The molecule has 0 aromatic carbocycles. The van der Waals surface area contributed by atoms with Crippen LogP contribution in [-0.2, 0) is 9.53 Å². The highest BCUT2D eigenvalue weighted by Gasteiger charge is 1.92. The zero-order valence-electron chi connectivity index (χ0n) is 9.42. The maximum Gasteiger partial charge on any atom is 0.384 e. The van der Waals surface area contributed by atoms with E-state index >= 15 is 0 Å². The van der Waals surface area contributed by atoms with Crippen LogP contribution in [0.5, 0.6) is 0 Å². The number of ether oxygens (including phenoxy) is 1. The summed E-state index contributed by atoms with van der Waals surface area (Å²) in [7, 11) is 0. The first-order valence-corrected chi connectivity index (χ1v) is 5.57. The van der Waals surface area contributed by atoms with Gasteiger partial charge in [-0.1, -0.05) is 25.2 Å². The summed E-state index contributed by atoms with van der Waals surface area (Å²) in [5.74, 6) is 4.79. The maximum absolute atomic E-state index is 10.8. The van der Waals surface area contributed by atoms with E-state index in [0.29, 0.717) is 6.61 Å². The number of aliphatic hydroxyl groups is 1. The summed E-state index contributed by atoms with van der Waals surface area (Å²) < 4.78 is 4.66. The van der Waals surface area contributed by atoms with Crippen LogP contribution in [0.25, 0.3) is 0 Å². The van der Waals surface area contributed by atoms with E-state index in [1.165, 1.54) is 0 Å². The van der Waals surface area contributed by atoms with Gasteiger partial charge in [-0.25, -0.2) is 4.79 Å². The molecule has 0 fully saturated rings. The molecule has 0 saturated heterocycles. The molecule has 0 unspecified atom stereocenters. The zero-order valence-corrected chi connectivity index (χ0v) is 9.42. The molecule has 0 spiro atoms. The smallest absolute Gasteiger partial charge is 0.384 e. The number of hydrogen-bond donors (Lipinski definition) is 1. The Balaban J connectivity index is 3.26. The quantitative estimate of drug-likeness (QED) is 0.303. The third-order valence-corrected chi connectivity index (χ3v) is 1.93. The number of aliphatic hydroxyl groups excluding tert-OH is 1. The largest absolute Gasteiger partial charge is 0.456 e. The van der Waals surface area contributed by atoms with Crippen molar-refractivity contribution in [1.29, 1.82) is 0 Å². The summed E-state index contributed by atoms with van der Waals surface area (Å²) in [6.07, 6.45) is 5.95. The minimum atomic E-state index is -0.433. The molecular formula is C12H20O3. The molecule has 1 N–H and O–H groups in total. The fourth-order valence-corrected chi connectivity index (χ4v) is 1.16. The number of unbranched alkanes of at least 4 members (excludes halogenated alkanes) is 5. The van der Waals surface area contributed by atoms with Gasteiger partial charge < -0.3 is 9.84 Å². The standard InChI is InChI=1S/C12H20O3/c1-2-15-12(14)10-8-6-4-3-5-7-9-11-13/h13H,2-7,9,11H2,1H3. The van der Waals surface area contributed by atoms with Crippen LogP contribution in [0, 0.1) is 11.8 Å². The molecule has 15 heavy (non-hydrogen) atoms. The SMILES string of the molecule is CCOC(=O)C#CCCCCCCCO. The summed E-state index contributed by atoms with van der Waals surface area (Å²) in [5.41, 5.74) is 0. The van der Waals surface area contributed by atoms with E-state index in [-0.39, 0.29) is 6.61 Å². The molecule has 0 amide bonds. The van der Waals surface area contributed by atoms with Gasteiger partial charge in [0.2, 0.25) is 0 Å². The molecule has 3 nitrogen and oxygen atoms in total. The van der Waals surface area contributed by atoms with Crippen molar-refractivity contribution < 1.29 is 14.6 Å². The van der Waals surface area contributed by atoms with E-state index in [1.54, 1.807) is 6.92 Å². The van der Waals surface area contributed by atoms with Crippen LogP contribution >= 0.6 is 0 Å². The molecule has 0 radical (unpaired) electrons. The van der Waals surface area contributed by atoms with Crippen molar-refractivity contribution in [3.8, 4) is 11.8 Å². The van der Waals surface area contributed by atoms with E-state index in [0.717, 1.165) is 38.5 Å². The first-order valence-electron chi connectivity index (χ1n) is 5.57. The fourth-order valence-electron chi connectivity index (χ4n) is 1.16. The third kappa shape index (κ3) is 10.9. The van der Waals surface area contributed by atoms with Crippen molar-refractivity contribution in [3.05, 3.63) is 0 Å². The van der Waals surface area contributed by atoms with Gasteiger partial charge in [0.05, 0.1) is 6.61 Å². The first kappa shape index (κ1) is 14.0. The summed E-state index contributed by atoms with van der Waals surface area (Å²) in [6, 6.07) is 0. The highest BCUT2D eigenvalue weighted by atomic mass is 16.5. The molecule has 0 saturated carbocycles. The van der Waals surface area contributed by atoms with Crippen LogP contribution in [0.3, 0.4) is 0 Å². The lowest BCUT2D eigenvalue weighted by Crippen LogP contribution is -1.99. The van der Waals surface area contributed by atoms with Gasteiger partial charge in [0, 0.05) is 18.9 Å². The molecule has 0 aliphatic heterocycles. The highest BCUT2D eigenvalue weighted by molar-refractivity contribution is 5.88. The number of carbonyl (C=O) groups is 1. The molecule has 0 bridgehead atoms. The van der Waals surface area contributed by atoms with Crippen LogP contribution in [0.1, 0.15) is 45.4 Å². The van der Waals surface area contributed by atoms with E-state index in [1.807, 2.05) is 0 Å². The van der Waals surface area contributed by atoms with E-state index < -0.39 is 5.97 Å². The zero-order chi connectivity index (χ0) is 11.4. The van der Waals surface area contributed by atoms with Gasteiger partial charge in [-0.2, -0.15) is 0 Å². The first-order chi connectivity index (χ1) is 7.31. The molecule has 0 atom stereocenters. The monoisotopic (exact) mass is 212 g/mol. The van der Waals surface area contributed by atoms with Gasteiger partial charge in [0.15, 0.2) is 0 Å². The van der Waals surface area contributed by atoms with Crippen molar-refractivity contribution in [3.63, 3.8) is 0 Å². The Labute approximate surface area is 91.8 Å². The Morgan fingerprint density at radius 2 is 1.87 bits per heavy atom. The third-order valence-electron chi connectivity index (χ3n) is 1.93. The lowest BCUT2D eigenvalue weighted by atomic mass is 10.1. The Hall–Kier alpha value is -1.01. The molecule has 3 heteroatoms. The van der Waals surface area contributed by atoms with Crippen LogP contribution < -0.4 is 0 Å². The average molecular weight is 212 g/mol. The number of hydrogen-bond acceptors (Lipinski definition) is 3. The lowest BCUT2D eigenvalue weighted by molar-refractivity contribution is -0.136. The van der Waals surface area contributed by atoms with Crippen LogP contribution in [0.15, 0.2) is 0 Å². The predicted octanol–water partition coefficient (Wildman–Crippen LogP) is 1.89. The van der Waals surface area contributed by atoms with Gasteiger partial charge >= 0.3 is 5.97 Å². The van der Waals surface area contributed by atoms with Gasteiger partial charge in [-0.15, -0.1) is 0 Å². The lowest BCUT2D eigenvalue weighted by Gasteiger charge is -1.96. The predicted molar refractivity (Wildman–Crippen MR) is 59.2 cm³/mol. The van der Waals surface area contributed by atoms with Crippen molar-refractivity contribution in [1.82, 2.24) is 0 Å². The number of rotatable bonds is 7. The van der Waals surface area contributed by atoms with Crippen molar-refractivity contribution in [2.75, 3.05) is 13.2 Å². The van der Waals surface area contributed by atoms with Crippen molar-refractivity contribution in [2.24, 2.45) is 0 Å². The topological polar surface area (TPSA) is 46.5 Å². The van der Waals surface area contributed by atoms with Gasteiger partial charge in [0.25, 0.3) is 0 Å². The molecule has 0 heterocycles. The van der Waals surface area contributed by atoms with Crippen molar-refractivity contribution >= 4 is 5.97 Å². The molecule has 86 valence electrons. The second kappa shape index (κ2) is 11.1. The van der Waals surface area contributed by atoms with Crippen LogP contribution in [0.2, 0.25) is 0 Å². The van der Waals surface area contributed by atoms with Gasteiger partial charge in [-0.05, 0) is 19.8 Å². The van der Waals surface area contributed by atoms with Gasteiger partial charge in [0.1, 0.15) is 0 Å². The number of carbonyl (C=O) groups excluding carboxylic acids is 1. The van der Waals surface area contributed by atoms with Crippen molar-refractivity contribution in [2.45, 2.75) is 45.4 Å². The molecule has 0 aromatic heterocycles. The highest BCUT2D eigenvalue weighted by Crippen LogP contribution is 2.03. The summed E-state index contributed by atoms with van der Waals surface area (Å²) >= 11 is 0. The Kier molecular flexibility index (Phi) is 10.3. The summed E-state index contributed by atoms with van der Waals surface area (Å²) in [5, 5.41) is 8.54. The molecule has 0 aliphatic rings. The van der Waals surface area contributed by atoms with E-state index in [2.05, 4.69) is 16.6 Å². The van der Waals surface area contributed by atoms with Crippen LogP contribution in [-0.4, -0.2) is 24.3 Å². The Morgan fingerprint density at radius 3 is 2.53 bits per heavy atom. The summed E-state index contributed by atoms with van der Waals surface area (Å²) in [4.78, 5) is 10.8. The number of esters is 1. The fraction of sp³-hybridized carbons (Fsp3) is 0.750. The molecule has 0 aliphatic carbocycles. The Morgan fingerprint density at radius 1 is 1.20 bits per heavy atom. The second-order valence-electron chi connectivity index (χ2n) is 3.26. The maximum atomic E-state index is 10.8. The normalized spacial score (nSPS) is 9.20. The van der Waals surface area contributed by atoms with Crippen LogP contribution in [0.4, 0.5) is 0 Å².